The minimum absolute atomic E-state index is 0.120. The van der Waals surface area contributed by atoms with E-state index in [9.17, 15) is 9.18 Å². The monoisotopic (exact) mass is 323 g/mol. The van der Waals surface area contributed by atoms with Crippen molar-refractivity contribution in [3.63, 3.8) is 0 Å². The van der Waals surface area contributed by atoms with Gasteiger partial charge >= 0.3 is 5.97 Å². The highest BCUT2D eigenvalue weighted by Gasteiger charge is 2.32. The zero-order valence-electron chi connectivity index (χ0n) is 13.8. The van der Waals surface area contributed by atoms with Crippen molar-refractivity contribution in [2.24, 2.45) is 17.6 Å². The van der Waals surface area contributed by atoms with E-state index in [1.807, 2.05) is 6.92 Å². The molecule has 0 aliphatic carbocycles. The molecule has 0 spiro atoms. The van der Waals surface area contributed by atoms with Crippen LogP contribution in [0.1, 0.15) is 32.3 Å². The first-order valence-corrected chi connectivity index (χ1v) is 8.29. The first kappa shape index (κ1) is 17.9. The number of ether oxygens (including phenoxy) is 2. The molecule has 0 aromatic heterocycles. The van der Waals surface area contributed by atoms with Crippen molar-refractivity contribution in [2.75, 3.05) is 13.2 Å². The molecule has 128 valence electrons. The third kappa shape index (κ3) is 5.01. The zero-order valence-corrected chi connectivity index (χ0v) is 13.8. The topological polar surface area (TPSA) is 61.5 Å². The lowest BCUT2D eigenvalue weighted by Gasteiger charge is -2.30. The summed E-state index contributed by atoms with van der Waals surface area (Å²) in [6, 6.07) is 5.76. The Morgan fingerprint density at radius 2 is 1.96 bits per heavy atom. The lowest BCUT2D eigenvalue weighted by molar-refractivity contribution is -0.153. The van der Waals surface area contributed by atoms with Gasteiger partial charge in [-0.1, -0.05) is 25.5 Å². The summed E-state index contributed by atoms with van der Waals surface area (Å²) < 4.78 is 24.3. The Balaban J connectivity index is 2.19. The van der Waals surface area contributed by atoms with Crippen molar-refractivity contribution < 1.29 is 18.7 Å². The van der Waals surface area contributed by atoms with Gasteiger partial charge in [-0.2, -0.15) is 0 Å². The van der Waals surface area contributed by atoms with Gasteiger partial charge in [-0.15, -0.1) is 0 Å². The molecular weight excluding hydrogens is 297 g/mol. The molecule has 23 heavy (non-hydrogen) atoms. The summed E-state index contributed by atoms with van der Waals surface area (Å²) in [4.78, 5) is 12.0. The van der Waals surface area contributed by atoms with E-state index in [1.165, 1.54) is 12.1 Å². The van der Waals surface area contributed by atoms with Crippen LogP contribution in [0.3, 0.4) is 0 Å². The molecule has 2 rings (SSSR count). The quantitative estimate of drug-likeness (QED) is 0.866. The van der Waals surface area contributed by atoms with E-state index < -0.39 is 12.0 Å². The van der Waals surface area contributed by atoms with E-state index in [-0.39, 0.29) is 30.4 Å². The number of halogens is 1. The predicted molar refractivity (Wildman–Crippen MR) is 86.3 cm³/mol. The molecule has 1 heterocycles. The normalized spacial score (nSPS) is 29.3. The molecule has 0 bridgehead atoms. The lowest BCUT2D eigenvalue weighted by Crippen LogP contribution is -2.39. The van der Waals surface area contributed by atoms with E-state index in [2.05, 4.69) is 6.92 Å². The molecule has 1 fully saturated rings. The maximum absolute atomic E-state index is 13.1. The second-order valence-corrected chi connectivity index (χ2v) is 6.33. The van der Waals surface area contributed by atoms with Gasteiger partial charge in [0.2, 0.25) is 0 Å². The number of carbonyl (C=O) groups is 1. The molecule has 4 nitrogen and oxygen atoms in total. The Morgan fingerprint density at radius 3 is 2.61 bits per heavy atom. The third-order valence-corrected chi connectivity index (χ3v) is 4.49. The van der Waals surface area contributed by atoms with Crippen LogP contribution in [0.15, 0.2) is 24.3 Å². The van der Waals surface area contributed by atoms with Gasteiger partial charge in [0, 0.05) is 12.5 Å². The summed E-state index contributed by atoms with van der Waals surface area (Å²) in [7, 11) is 0. The van der Waals surface area contributed by atoms with Crippen LogP contribution in [0, 0.1) is 17.7 Å². The van der Waals surface area contributed by atoms with Gasteiger partial charge in [-0.05, 0) is 43.4 Å². The van der Waals surface area contributed by atoms with Crippen LogP contribution in [-0.4, -0.2) is 31.3 Å². The highest BCUT2D eigenvalue weighted by Crippen LogP contribution is 2.28. The summed E-state index contributed by atoms with van der Waals surface area (Å²) in [5, 5.41) is 0. The molecule has 1 saturated heterocycles. The van der Waals surface area contributed by atoms with Gasteiger partial charge in [0.15, 0.2) is 0 Å². The van der Waals surface area contributed by atoms with E-state index in [4.69, 9.17) is 15.2 Å². The second-order valence-electron chi connectivity index (χ2n) is 6.33. The number of esters is 1. The largest absolute Gasteiger partial charge is 0.461 e. The SMILES string of the molecule is CCC[C@H]1COC[C@H](N)C(=O)O[C@@H](C)[C@@H]1Cc1ccc(F)cc1. The minimum Gasteiger partial charge on any atom is -0.461 e. The van der Waals surface area contributed by atoms with Crippen LogP contribution >= 0.6 is 0 Å². The van der Waals surface area contributed by atoms with Gasteiger partial charge in [0.05, 0.1) is 6.61 Å². The van der Waals surface area contributed by atoms with Crippen molar-refractivity contribution in [3.8, 4) is 0 Å². The molecule has 5 heteroatoms. The molecule has 1 aliphatic rings. The Hall–Kier alpha value is -1.46. The summed E-state index contributed by atoms with van der Waals surface area (Å²) in [5.74, 6) is -0.270. The van der Waals surface area contributed by atoms with Gasteiger partial charge in [-0.3, -0.25) is 4.79 Å². The van der Waals surface area contributed by atoms with Gasteiger partial charge in [-0.25, -0.2) is 4.39 Å². The first-order chi connectivity index (χ1) is 11.0. The summed E-state index contributed by atoms with van der Waals surface area (Å²) >= 11 is 0. The fourth-order valence-corrected chi connectivity index (χ4v) is 3.17. The van der Waals surface area contributed by atoms with Crippen molar-refractivity contribution in [1.29, 1.82) is 0 Å². The first-order valence-electron chi connectivity index (χ1n) is 8.29. The Bertz CT molecular complexity index is 505. The Labute approximate surface area is 137 Å². The standard InChI is InChI=1S/C18H26FNO3/c1-3-4-14-10-22-11-17(20)18(21)23-12(2)16(14)9-13-5-7-15(19)8-6-13/h5-8,12,14,16-17H,3-4,9-11,20H2,1-2H3/t12-,14-,16-,17-/m0/s1. The number of hydrogen-bond acceptors (Lipinski definition) is 4. The van der Waals surface area contributed by atoms with Crippen molar-refractivity contribution in [3.05, 3.63) is 35.6 Å². The number of cyclic esters (lactones) is 1. The number of nitrogens with two attached hydrogens (primary N) is 1. The molecular formula is C18H26FNO3. The molecule has 0 amide bonds. The number of rotatable bonds is 4. The molecule has 4 atom stereocenters. The smallest absolute Gasteiger partial charge is 0.325 e. The highest BCUT2D eigenvalue weighted by molar-refractivity contribution is 5.75. The average molecular weight is 323 g/mol. The third-order valence-electron chi connectivity index (χ3n) is 4.49. The van der Waals surface area contributed by atoms with Crippen LogP contribution in [0.4, 0.5) is 4.39 Å². The van der Waals surface area contributed by atoms with Crippen LogP contribution in [0.25, 0.3) is 0 Å². The Morgan fingerprint density at radius 1 is 1.26 bits per heavy atom. The maximum Gasteiger partial charge on any atom is 0.325 e. The number of benzene rings is 1. The van der Waals surface area contributed by atoms with Crippen LogP contribution < -0.4 is 5.73 Å². The van der Waals surface area contributed by atoms with E-state index >= 15 is 0 Å². The van der Waals surface area contributed by atoms with E-state index in [0.29, 0.717) is 6.61 Å². The zero-order chi connectivity index (χ0) is 16.8. The van der Waals surface area contributed by atoms with E-state index in [1.54, 1.807) is 12.1 Å². The maximum atomic E-state index is 13.1. The van der Waals surface area contributed by atoms with Gasteiger partial charge in [0.25, 0.3) is 0 Å². The fraction of sp³-hybridized carbons (Fsp3) is 0.611. The van der Waals surface area contributed by atoms with Crippen LogP contribution in [0.5, 0.6) is 0 Å². The predicted octanol–water partition coefficient (Wildman–Crippen LogP) is 2.69. The van der Waals surface area contributed by atoms with Crippen molar-refractivity contribution >= 4 is 5.97 Å². The molecule has 0 radical (unpaired) electrons. The van der Waals surface area contributed by atoms with Crippen molar-refractivity contribution in [1.82, 2.24) is 0 Å². The Kier molecular flexibility index (Phi) is 6.54. The van der Waals surface area contributed by atoms with E-state index in [0.717, 1.165) is 24.8 Å². The minimum atomic E-state index is -0.732. The summed E-state index contributed by atoms with van der Waals surface area (Å²) in [6.07, 6.45) is 2.48. The highest BCUT2D eigenvalue weighted by atomic mass is 19.1. The second kappa shape index (κ2) is 8.41. The fourth-order valence-electron chi connectivity index (χ4n) is 3.17. The number of carbonyl (C=O) groups excluding carboxylic acids is 1. The van der Waals surface area contributed by atoms with Crippen LogP contribution in [-0.2, 0) is 20.7 Å². The average Bonchev–Trinajstić information content (AvgIpc) is 2.56. The molecule has 1 aliphatic heterocycles. The van der Waals surface area contributed by atoms with Gasteiger partial charge < -0.3 is 15.2 Å². The summed E-state index contributed by atoms with van der Waals surface area (Å²) in [6.45, 7) is 4.79. The van der Waals surface area contributed by atoms with Gasteiger partial charge in [0.1, 0.15) is 18.0 Å². The number of hydrogen-bond donors (Lipinski definition) is 1. The molecule has 0 unspecified atom stereocenters. The molecule has 0 saturated carbocycles. The molecule has 2 N–H and O–H groups in total. The molecule has 1 aromatic rings. The molecule has 1 aromatic carbocycles. The lowest BCUT2D eigenvalue weighted by atomic mass is 9.81. The van der Waals surface area contributed by atoms with Crippen molar-refractivity contribution in [2.45, 2.75) is 45.3 Å². The summed E-state index contributed by atoms with van der Waals surface area (Å²) in [5.41, 5.74) is 6.80. The van der Waals surface area contributed by atoms with Crippen LogP contribution in [0.2, 0.25) is 0 Å².